The van der Waals surface area contributed by atoms with Gasteiger partial charge in [-0.1, -0.05) is 6.07 Å². The minimum absolute atomic E-state index is 0.0316. The number of benzene rings is 2. The van der Waals surface area contributed by atoms with Gasteiger partial charge < -0.3 is 25.2 Å². The zero-order valence-electron chi connectivity index (χ0n) is 20.5. The molecule has 1 saturated carbocycles. The molecule has 37 heavy (non-hydrogen) atoms. The predicted octanol–water partition coefficient (Wildman–Crippen LogP) is 4.95. The molecular weight excluding hydrogens is 495 g/mol. The molecule has 1 spiro atoms. The van der Waals surface area contributed by atoms with Gasteiger partial charge in [-0.05, 0) is 61.7 Å². The van der Waals surface area contributed by atoms with E-state index < -0.39 is 11.2 Å². The van der Waals surface area contributed by atoms with Crippen LogP contribution in [0.2, 0.25) is 0 Å². The summed E-state index contributed by atoms with van der Waals surface area (Å²) >= 11 is 6.12. The molecule has 1 saturated heterocycles. The van der Waals surface area contributed by atoms with E-state index in [4.69, 9.17) is 16.3 Å². The highest BCUT2D eigenvalue weighted by molar-refractivity contribution is 6.32. The van der Waals surface area contributed by atoms with Crippen molar-refractivity contribution in [1.29, 1.82) is 0 Å². The standard InChI is InChI=1S/C27H28ClFN6O2/c1-17(28)25(36)35-16-27(8-9-27)21-7-4-19(14-23(21)35)31-24-22(29)15-30-26(33-24)32-18-2-5-20(6-3-18)34-10-12-37-13-11-34/h2-7,14-15,17H,8-13,16H2,1H3,(H2,30,31,32,33). The SMILES string of the molecule is CC(Cl)C(=O)N1CC2(CC2)c2ccc(Nc3nc(Nc4ccc(N5CCOCC5)cc4)ncc3F)cc21. The number of fused-ring (bicyclic) bond motifs is 2. The third-order valence-corrected chi connectivity index (χ3v) is 7.47. The van der Waals surface area contributed by atoms with Crippen LogP contribution in [-0.2, 0) is 14.9 Å². The molecule has 0 radical (unpaired) electrons. The smallest absolute Gasteiger partial charge is 0.244 e. The molecule has 3 aromatic rings. The molecule has 6 rings (SSSR count). The largest absolute Gasteiger partial charge is 0.378 e. The van der Waals surface area contributed by atoms with Gasteiger partial charge in [0.1, 0.15) is 5.38 Å². The number of anilines is 6. The molecular formula is C27H28ClFN6O2. The van der Waals surface area contributed by atoms with Crippen LogP contribution in [0, 0.1) is 5.82 Å². The summed E-state index contributed by atoms with van der Waals surface area (Å²) in [6, 6.07) is 13.7. The summed E-state index contributed by atoms with van der Waals surface area (Å²) in [5.74, 6) is -0.378. The normalized spacial score (nSPS) is 18.5. The number of alkyl halides is 1. The molecule has 2 aromatic carbocycles. The van der Waals surface area contributed by atoms with Gasteiger partial charge >= 0.3 is 0 Å². The van der Waals surface area contributed by atoms with Crippen LogP contribution in [-0.4, -0.2) is 54.1 Å². The lowest BCUT2D eigenvalue weighted by Crippen LogP contribution is -2.36. The number of halogens is 2. The third-order valence-electron chi connectivity index (χ3n) is 7.29. The Bertz CT molecular complexity index is 1320. The molecule has 0 bridgehead atoms. The van der Waals surface area contributed by atoms with Crippen LogP contribution >= 0.6 is 11.6 Å². The van der Waals surface area contributed by atoms with Crippen molar-refractivity contribution in [3.8, 4) is 0 Å². The minimum atomic E-state index is -0.616. The number of carbonyl (C=O) groups is 1. The summed E-state index contributed by atoms with van der Waals surface area (Å²) in [4.78, 5) is 25.2. The van der Waals surface area contributed by atoms with Gasteiger partial charge in [-0.15, -0.1) is 11.6 Å². The molecule has 192 valence electrons. The molecule has 8 nitrogen and oxygen atoms in total. The molecule has 2 fully saturated rings. The molecule has 1 aliphatic carbocycles. The Morgan fingerprint density at radius 2 is 1.84 bits per heavy atom. The average molecular weight is 523 g/mol. The van der Waals surface area contributed by atoms with E-state index >= 15 is 0 Å². The maximum Gasteiger partial charge on any atom is 0.244 e. The number of morpholine rings is 1. The number of ether oxygens (including phenoxy) is 1. The van der Waals surface area contributed by atoms with E-state index in [9.17, 15) is 9.18 Å². The van der Waals surface area contributed by atoms with Crippen LogP contribution in [0.15, 0.2) is 48.7 Å². The fourth-order valence-corrected chi connectivity index (χ4v) is 5.22. The van der Waals surface area contributed by atoms with Gasteiger partial charge in [0, 0.05) is 47.8 Å². The van der Waals surface area contributed by atoms with E-state index in [2.05, 4.69) is 25.5 Å². The van der Waals surface area contributed by atoms with Gasteiger partial charge in [0.05, 0.1) is 19.4 Å². The predicted molar refractivity (Wildman–Crippen MR) is 143 cm³/mol. The second kappa shape index (κ2) is 9.46. The Hall–Kier alpha value is -3.43. The molecule has 3 heterocycles. The van der Waals surface area contributed by atoms with E-state index in [1.807, 2.05) is 42.5 Å². The minimum Gasteiger partial charge on any atom is -0.378 e. The van der Waals surface area contributed by atoms with Gasteiger partial charge in [0.25, 0.3) is 0 Å². The van der Waals surface area contributed by atoms with Crippen molar-refractivity contribution in [2.75, 3.05) is 53.3 Å². The molecule has 2 aliphatic heterocycles. The fraction of sp³-hybridized carbons (Fsp3) is 0.370. The fourth-order valence-electron chi connectivity index (χ4n) is 5.10. The number of amides is 1. The van der Waals surface area contributed by atoms with Crippen molar-refractivity contribution in [2.24, 2.45) is 0 Å². The topological polar surface area (TPSA) is 82.6 Å². The molecule has 3 aliphatic rings. The summed E-state index contributed by atoms with van der Waals surface area (Å²) in [6.07, 6.45) is 3.24. The Morgan fingerprint density at radius 1 is 1.11 bits per heavy atom. The zero-order chi connectivity index (χ0) is 25.6. The molecule has 10 heteroatoms. The van der Waals surface area contributed by atoms with Crippen molar-refractivity contribution in [1.82, 2.24) is 9.97 Å². The highest BCUT2D eigenvalue weighted by Crippen LogP contribution is 2.57. The first kappa shape index (κ1) is 23.9. The van der Waals surface area contributed by atoms with Crippen molar-refractivity contribution < 1.29 is 13.9 Å². The first-order valence-corrected chi connectivity index (χ1v) is 12.9. The van der Waals surface area contributed by atoms with E-state index in [0.717, 1.165) is 68.0 Å². The Balaban J connectivity index is 1.20. The van der Waals surface area contributed by atoms with Crippen LogP contribution in [0.5, 0.6) is 0 Å². The van der Waals surface area contributed by atoms with Crippen LogP contribution < -0.4 is 20.4 Å². The maximum absolute atomic E-state index is 14.7. The first-order valence-electron chi connectivity index (χ1n) is 12.5. The molecule has 2 N–H and O–H groups in total. The van der Waals surface area contributed by atoms with Gasteiger partial charge in [0.15, 0.2) is 11.6 Å². The monoisotopic (exact) mass is 522 g/mol. The summed E-state index contributed by atoms with van der Waals surface area (Å²) in [6.45, 7) is 5.51. The van der Waals surface area contributed by atoms with Gasteiger partial charge in [0.2, 0.25) is 11.9 Å². The lowest BCUT2D eigenvalue weighted by Gasteiger charge is -2.28. The average Bonchev–Trinajstić information content (AvgIpc) is 3.63. The van der Waals surface area contributed by atoms with Crippen LogP contribution in [0.3, 0.4) is 0 Å². The molecule has 1 aromatic heterocycles. The van der Waals surface area contributed by atoms with Gasteiger partial charge in [-0.25, -0.2) is 9.37 Å². The van der Waals surface area contributed by atoms with Crippen molar-refractivity contribution >= 4 is 52.0 Å². The Morgan fingerprint density at radius 3 is 2.54 bits per heavy atom. The molecule has 1 atom stereocenters. The quantitative estimate of drug-likeness (QED) is 0.443. The summed E-state index contributed by atoms with van der Waals surface area (Å²) in [5.41, 5.74) is 4.56. The molecule has 1 unspecified atom stereocenters. The van der Waals surface area contributed by atoms with Crippen LogP contribution in [0.4, 0.5) is 38.9 Å². The maximum atomic E-state index is 14.7. The Labute approximate surface area is 219 Å². The number of rotatable bonds is 6. The van der Waals surface area contributed by atoms with E-state index in [0.29, 0.717) is 12.2 Å². The zero-order valence-corrected chi connectivity index (χ0v) is 21.3. The molecule has 1 amide bonds. The number of hydrogen-bond acceptors (Lipinski definition) is 7. The van der Waals surface area contributed by atoms with Crippen LogP contribution in [0.25, 0.3) is 0 Å². The summed E-state index contributed by atoms with van der Waals surface area (Å²) in [7, 11) is 0. The highest BCUT2D eigenvalue weighted by Gasteiger charge is 2.53. The van der Waals surface area contributed by atoms with Crippen LogP contribution in [0.1, 0.15) is 25.3 Å². The van der Waals surface area contributed by atoms with Gasteiger partial charge in [-0.3, -0.25) is 4.79 Å². The second-order valence-corrected chi connectivity index (χ2v) is 10.5. The number of nitrogens with one attached hydrogen (secondary N) is 2. The second-order valence-electron chi connectivity index (χ2n) is 9.84. The van der Waals surface area contributed by atoms with E-state index in [1.165, 1.54) is 0 Å². The van der Waals surface area contributed by atoms with Crippen molar-refractivity contribution in [3.63, 3.8) is 0 Å². The summed E-state index contributed by atoms with van der Waals surface area (Å²) in [5, 5.41) is 5.59. The lowest BCUT2D eigenvalue weighted by atomic mass is 9.98. The number of nitrogens with zero attached hydrogens (tertiary/aromatic N) is 4. The first-order chi connectivity index (χ1) is 17.9. The number of aromatic nitrogens is 2. The van der Waals surface area contributed by atoms with Gasteiger partial charge in [-0.2, -0.15) is 4.98 Å². The Kier molecular flexibility index (Phi) is 6.12. The number of carbonyl (C=O) groups excluding carboxylic acids is 1. The number of hydrogen-bond donors (Lipinski definition) is 2. The lowest BCUT2D eigenvalue weighted by molar-refractivity contribution is -0.118. The van der Waals surface area contributed by atoms with E-state index in [-0.39, 0.29) is 23.1 Å². The van der Waals surface area contributed by atoms with E-state index in [1.54, 1.807) is 11.8 Å². The van der Waals surface area contributed by atoms with Crippen molar-refractivity contribution in [2.45, 2.75) is 30.6 Å². The summed E-state index contributed by atoms with van der Waals surface area (Å²) < 4.78 is 20.1. The van der Waals surface area contributed by atoms with Crippen molar-refractivity contribution in [3.05, 3.63) is 60.0 Å². The third kappa shape index (κ3) is 4.69. The highest BCUT2D eigenvalue weighted by atomic mass is 35.5.